The molecule has 1 aromatic heterocycles. The van der Waals surface area contributed by atoms with E-state index in [2.05, 4.69) is 10.1 Å². The van der Waals surface area contributed by atoms with Crippen molar-refractivity contribution in [2.24, 2.45) is 0 Å². The summed E-state index contributed by atoms with van der Waals surface area (Å²) in [6.45, 7) is -0.433. The number of sulfonamides is 1. The lowest BCUT2D eigenvalue weighted by Crippen LogP contribution is -2.29. The average molecular weight is 386 g/mol. The second-order valence-electron chi connectivity index (χ2n) is 5.63. The van der Waals surface area contributed by atoms with E-state index in [1.54, 1.807) is 12.1 Å². The average Bonchev–Trinajstić information content (AvgIpc) is 3.20. The lowest BCUT2D eigenvalue weighted by atomic mass is 10.2. The molecule has 0 bridgehead atoms. The third-order valence-electron chi connectivity index (χ3n) is 3.97. The summed E-state index contributed by atoms with van der Waals surface area (Å²) >= 11 is 0. The number of amides is 1. The van der Waals surface area contributed by atoms with E-state index >= 15 is 0 Å². The van der Waals surface area contributed by atoms with Crippen LogP contribution in [0.5, 0.6) is 0 Å². The van der Waals surface area contributed by atoms with E-state index in [0.717, 1.165) is 0 Å². The molecule has 10 nitrogen and oxygen atoms in total. The number of nitrogens with zero attached hydrogens (tertiary/aromatic N) is 4. The van der Waals surface area contributed by atoms with Crippen LogP contribution in [0.2, 0.25) is 0 Å². The lowest BCUT2D eigenvalue weighted by molar-refractivity contribution is -0.384. The van der Waals surface area contributed by atoms with E-state index in [-0.39, 0.29) is 27.9 Å². The van der Waals surface area contributed by atoms with Crippen LogP contribution >= 0.6 is 0 Å². The summed E-state index contributed by atoms with van der Waals surface area (Å²) in [6, 6.07) is 11.5. The maximum atomic E-state index is 12.5. The standard InChI is InChI=1S/C16H10N4O6S/c21-16-12-6-1-2-7-13(12)27(24,25)19(16)9-14-17-15(18-26-14)10-4-3-5-11(8-10)20(22)23/h1-8H,9H2. The van der Waals surface area contributed by atoms with Crippen LogP contribution in [0.25, 0.3) is 11.4 Å². The molecule has 1 amide bonds. The largest absolute Gasteiger partial charge is 0.337 e. The molecule has 0 N–H and O–H groups in total. The quantitative estimate of drug-likeness (QED) is 0.490. The van der Waals surface area contributed by atoms with Crippen LogP contribution in [0.4, 0.5) is 5.69 Å². The van der Waals surface area contributed by atoms with Gasteiger partial charge in [-0.2, -0.15) is 4.98 Å². The maximum absolute atomic E-state index is 12.5. The molecule has 0 atom stereocenters. The zero-order chi connectivity index (χ0) is 19.2. The minimum absolute atomic E-state index is 0.0512. The number of nitro benzene ring substituents is 1. The van der Waals surface area contributed by atoms with Gasteiger partial charge >= 0.3 is 0 Å². The summed E-state index contributed by atoms with van der Waals surface area (Å²) < 4.78 is 30.8. The molecule has 4 rings (SSSR count). The fraction of sp³-hybridized carbons (Fsp3) is 0.0625. The Labute approximate surface area is 152 Å². The summed E-state index contributed by atoms with van der Waals surface area (Å²) in [7, 11) is -4.00. The number of rotatable bonds is 4. The lowest BCUT2D eigenvalue weighted by Gasteiger charge is -2.11. The van der Waals surface area contributed by atoms with E-state index < -0.39 is 27.4 Å². The van der Waals surface area contributed by atoms with Crippen molar-refractivity contribution >= 4 is 21.6 Å². The molecule has 0 saturated heterocycles. The molecule has 2 heterocycles. The second kappa shape index (κ2) is 5.99. The van der Waals surface area contributed by atoms with E-state index in [4.69, 9.17) is 4.52 Å². The molecule has 0 saturated carbocycles. The molecule has 0 fully saturated rings. The van der Waals surface area contributed by atoms with Gasteiger partial charge in [0.2, 0.25) is 11.7 Å². The van der Waals surface area contributed by atoms with Crippen molar-refractivity contribution in [1.82, 2.24) is 14.4 Å². The van der Waals surface area contributed by atoms with Crippen molar-refractivity contribution in [3.05, 3.63) is 70.1 Å². The smallest absolute Gasteiger partial charge is 0.270 e. The van der Waals surface area contributed by atoms with Gasteiger partial charge in [0.05, 0.1) is 10.5 Å². The topological polar surface area (TPSA) is 137 Å². The number of non-ortho nitro benzene ring substituents is 1. The molecule has 0 radical (unpaired) electrons. The van der Waals surface area contributed by atoms with Gasteiger partial charge in [0.15, 0.2) is 0 Å². The van der Waals surface area contributed by atoms with Crippen molar-refractivity contribution < 1.29 is 22.7 Å². The number of fused-ring (bicyclic) bond motifs is 1. The highest BCUT2D eigenvalue weighted by Gasteiger charge is 2.41. The number of aromatic nitrogens is 2. The number of hydrogen-bond donors (Lipinski definition) is 0. The van der Waals surface area contributed by atoms with Gasteiger partial charge in [0, 0.05) is 17.7 Å². The minimum Gasteiger partial charge on any atom is -0.337 e. The van der Waals surface area contributed by atoms with E-state index in [1.165, 1.54) is 36.4 Å². The Morgan fingerprint density at radius 2 is 1.93 bits per heavy atom. The highest BCUT2D eigenvalue weighted by Crippen LogP contribution is 2.31. The molecular formula is C16H10N4O6S. The summed E-state index contributed by atoms with van der Waals surface area (Å²) in [6.07, 6.45) is 0. The Morgan fingerprint density at radius 1 is 1.15 bits per heavy atom. The van der Waals surface area contributed by atoms with Gasteiger partial charge < -0.3 is 4.52 Å². The highest BCUT2D eigenvalue weighted by atomic mass is 32.2. The highest BCUT2D eigenvalue weighted by molar-refractivity contribution is 7.90. The van der Waals surface area contributed by atoms with Crippen molar-refractivity contribution in [3.8, 4) is 11.4 Å². The molecule has 2 aromatic carbocycles. The summed E-state index contributed by atoms with van der Waals surface area (Å²) in [5.41, 5.74) is 0.264. The monoisotopic (exact) mass is 386 g/mol. The van der Waals surface area contributed by atoms with E-state index in [9.17, 15) is 23.3 Å². The number of nitro groups is 1. The van der Waals surface area contributed by atoms with Crippen molar-refractivity contribution in [3.63, 3.8) is 0 Å². The molecule has 0 spiro atoms. The first-order valence-corrected chi connectivity index (χ1v) is 9.05. The Hall–Kier alpha value is -3.60. The van der Waals surface area contributed by atoms with Gasteiger partial charge in [-0.1, -0.05) is 29.4 Å². The van der Waals surface area contributed by atoms with Crippen molar-refractivity contribution in [2.75, 3.05) is 0 Å². The molecule has 11 heteroatoms. The van der Waals surface area contributed by atoms with Crippen LogP contribution in [-0.2, 0) is 16.6 Å². The molecular weight excluding hydrogens is 376 g/mol. The van der Waals surface area contributed by atoms with Gasteiger partial charge in [-0.15, -0.1) is 0 Å². The van der Waals surface area contributed by atoms with Crippen LogP contribution in [0.3, 0.4) is 0 Å². The van der Waals surface area contributed by atoms with Gasteiger partial charge in [-0.25, -0.2) is 12.7 Å². The Morgan fingerprint density at radius 3 is 2.67 bits per heavy atom. The second-order valence-corrected chi connectivity index (χ2v) is 7.46. The predicted octanol–water partition coefficient (Wildman–Crippen LogP) is 1.99. The summed E-state index contributed by atoms with van der Waals surface area (Å²) in [5.74, 6) is -0.739. The Kier molecular flexibility index (Phi) is 3.73. The van der Waals surface area contributed by atoms with Gasteiger partial charge in [-0.05, 0) is 12.1 Å². The van der Waals surface area contributed by atoms with E-state index in [0.29, 0.717) is 9.87 Å². The molecule has 1 aliphatic rings. The van der Waals surface area contributed by atoms with Gasteiger partial charge in [0.25, 0.3) is 21.6 Å². The molecule has 0 unspecified atom stereocenters. The molecule has 0 aliphatic carbocycles. The fourth-order valence-corrected chi connectivity index (χ4v) is 4.22. The van der Waals surface area contributed by atoms with Gasteiger partial charge in [0.1, 0.15) is 11.4 Å². The third-order valence-corrected chi connectivity index (χ3v) is 5.76. The van der Waals surface area contributed by atoms with Crippen LogP contribution in [0.1, 0.15) is 16.2 Å². The number of hydrogen-bond acceptors (Lipinski definition) is 8. The Balaban J connectivity index is 1.64. The first-order chi connectivity index (χ1) is 12.9. The first-order valence-electron chi connectivity index (χ1n) is 7.61. The molecule has 27 heavy (non-hydrogen) atoms. The fourth-order valence-electron chi connectivity index (χ4n) is 2.71. The zero-order valence-corrected chi connectivity index (χ0v) is 14.3. The van der Waals surface area contributed by atoms with E-state index in [1.807, 2.05) is 0 Å². The number of carbonyl (C=O) groups is 1. The molecule has 136 valence electrons. The normalized spacial score (nSPS) is 15.0. The SMILES string of the molecule is O=C1c2ccccc2S(=O)(=O)N1Cc1nc(-c2cccc([N+](=O)[O-])c2)no1. The van der Waals surface area contributed by atoms with Crippen LogP contribution in [-0.4, -0.2) is 33.7 Å². The van der Waals surface area contributed by atoms with Crippen LogP contribution < -0.4 is 0 Å². The van der Waals surface area contributed by atoms with Crippen LogP contribution in [0, 0.1) is 10.1 Å². The number of carbonyl (C=O) groups excluding carboxylic acids is 1. The molecule has 1 aliphatic heterocycles. The summed E-state index contributed by atoms with van der Waals surface area (Å²) in [4.78, 5) is 26.7. The van der Waals surface area contributed by atoms with Gasteiger partial charge in [-0.3, -0.25) is 14.9 Å². The zero-order valence-electron chi connectivity index (χ0n) is 13.5. The predicted molar refractivity (Wildman–Crippen MR) is 89.9 cm³/mol. The summed E-state index contributed by atoms with van der Waals surface area (Å²) in [5, 5.41) is 14.6. The van der Waals surface area contributed by atoms with Crippen LogP contribution in [0.15, 0.2) is 57.9 Å². The number of benzene rings is 2. The first kappa shape index (κ1) is 16.8. The third kappa shape index (κ3) is 2.73. The Bertz CT molecular complexity index is 1190. The maximum Gasteiger partial charge on any atom is 0.270 e. The molecule has 3 aromatic rings. The van der Waals surface area contributed by atoms with Crippen molar-refractivity contribution in [2.45, 2.75) is 11.4 Å². The van der Waals surface area contributed by atoms with Crippen molar-refractivity contribution in [1.29, 1.82) is 0 Å². The minimum atomic E-state index is -4.00.